The van der Waals surface area contributed by atoms with Gasteiger partial charge in [0.15, 0.2) is 6.29 Å². The van der Waals surface area contributed by atoms with Crippen LogP contribution in [0.4, 0.5) is 0 Å². The molecule has 1 unspecified atom stereocenters. The maximum atomic E-state index is 6.01. The zero-order chi connectivity index (χ0) is 12.5. The van der Waals surface area contributed by atoms with Gasteiger partial charge in [-0.25, -0.2) is 0 Å². The Labute approximate surface area is 104 Å². The van der Waals surface area contributed by atoms with E-state index in [9.17, 15) is 0 Å². The Morgan fingerprint density at radius 3 is 2.76 bits per heavy atom. The van der Waals surface area contributed by atoms with Gasteiger partial charge in [-0.2, -0.15) is 0 Å². The fourth-order valence-electron chi connectivity index (χ4n) is 2.28. The van der Waals surface area contributed by atoms with Crippen molar-refractivity contribution in [2.24, 2.45) is 0 Å². The summed E-state index contributed by atoms with van der Waals surface area (Å²) in [5, 5.41) is 0. The number of ether oxygens (including phenoxy) is 2. The smallest absolute Gasteiger partial charge is 0.200 e. The van der Waals surface area contributed by atoms with Crippen molar-refractivity contribution in [3.8, 4) is 5.75 Å². The first-order chi connectivity index (χ1) is 8.02. The summed E-state index contributed by atoms with van der Waals surface area (Å²) in [5.41, 5.74) is 2.70. The van der Waals surface area contributed by atoms with Crippen LogP contribution in [-0.4, -0.2) is 12.9 Å². The summed E-state index contributed by atoms with van der Waals surface area (Å²) in [6, 6.07) is 6.45. The van der Waals surface area contributed by atoms with Crippen molar-refractivity contribution in [2.45, 2.75) is 52.2 Å². The number of hydrogen-bond donors (Lipinski definition) is 0. The molecule has 0 fully saturated rings. The third kappa shape index (κ3) is 2.63. The molecular weight excluding hydrogens is 212 g/mol. The van der Waals surface area contributed by atoms with Crippen molar-refractivity contribution in [1.29, 1.82) is 0 Å². The molecule has 0 saturated heterocycles. The SMILES string of the molecule is CCOC1CCc2cccc(C(C)(C)C)c2O1. The largest absolute Gasteiger partial charge is 0.464 e. The lowest BCUT2D eigenvalue weighted by Gasteiger charge is -2.31. The van der Waals surface area contributed by atoms with Gasteiger partial charge in [-0.15, -0.1) is 0 Å². The lowest BCUT2D eigenvalue weighted by Crippen LogP contribution is -2.28. The van der Waals surface area contributed by atoms with Crippen LogP contribution in [0, 0.1) is 0 Å². The first kappa shape index (κ1) is 12.4. The lowest BCUT2D eigenvalue weighted by molar-refractivity contribution is -0.0869. The highest BCUT2D eigenvalue weighted by Gasteiger charge is 2.26. The maximum Gasteiger partial charge on any atom is 0.200 e. The number of benzene rings is 1. The minimum absolute atomic E-state index is 0.0731. The van der Waals surface area contributed by atoms with Gasteiger partial charge in [-0.1, -0.05) is 39.0 Å². The number of rotatable bonds is 2. The molecule has 1 aliphatic heterocycles. The topological polar surface area (TPSA) is 18.5 Å². The molecule has 2 heteroatoms. The third-order valence-corrected chi connectivity index (χ3v) is 3.16. The zero-order valence-electron chi connectivity index (χ0n) is 11.2. The molecule has 0 spiro atoms. The lowest BCUT2D eigenvalue weighted by atomic mass is 9.84. The highest BCUT2D eigenvalue weighted by Crippen LogP contribution is 2.38. The Hall–Kier alpha value is -1.02. The highest BCUT2D eigenvalue weighted by molar-refractivity contribution is 5.46. The molecule has 0 saturated carbocycles. The number of para-hydroxylation sites is 1. The monoisotopic (exact) mass is 234 g/mol. The first-order valence-corrected chi connectivity index (χ1v) is 6.43. The number of aryl methyl sites for hydroxylation is 1. The van der Waals surface area contributed by atoms with Crippen LogP contribution in [0.5, 0.6) is 5.75 Å². The average molecular weight is 234 g/mol. The average Bonchev–Trinajstić information content (AvgIpc) is 2.27. The van der Waals surface area contributed by atoms with Gasteiger partial charge in [-0.3, -0.25) is 0 Å². The molecule has 0 N–H and O–H groups in total. The highest BCUT2D eigenvalue weighted by atomic mass is 16.7. The number of fused-ring (bicyclic) bond motifs is 1. The molecule has 1 heterocycles. The van der Waals surface area contributed by atoms with Crippen molar-refractivity contribution >= 4 is 0 Å². The predicted molar refractivity (Wildman–Crippen MR) is 69.5 cm³/mol. The van der Waals surface area contributed by atoms with Crippen LogP contribution in [0.2, 0.25) is 0 Å². The van der Waals surface area contributed by atoms with Gasteiger partial charge in [0.05, 0.1) is 0 Å². The van der Waals surface area contributed by atoms with Crippen molar-refractivity contribution in [2.75, 3.05) is 6.61 Å². The molecule has 0 bridgehead atoms. The summed E-state index contributed by atoms with van der Waals surface area (Å²) in [5.74, 6) is 1.05. The fourth-order valence-corrected chi connectivity index (χ4v) is 2.28. The van der Waals surface area contributed by atoms with Crippen LogP contribution < -0.4 is 4.74 Å². The van der Waals surface area contributed by atoms with E-state index in [-0.39, 0.29) is 11.7 Å². The molecular formula is C15H22O2. The molecule has 0 aliphatic carbocycles. The van der Waals surface area contributed by atoms with Crippen LogP contribution >= 0.6 is 0 Å². The minimum Gasteiger partial charge on any atom is -0.464 e. The summed E-state index contributed by atoms with van der Waals surface area (Å²) < 4.78 is 11.6. The first-order valence-electron chi connectivity index (χ1n) is 6.43. The van der Waals surface area contributed by atoms with Crippen molar-refractivity contribution in [1.82, 2.24) is 0 Å². The van der Waals surface area contributed by atoms with Gasteiger partial charge < -0.3 is 9.47 Å². The molecule has 0 amide bonds. The molecule has 1 aromatic rings. The molecule has 1 atom stereocenters. The molecule has 1 aromatic carbocycles. The third-order valence-electron chi connectivity index (χ3n) is 3.16. The van der Waals surface area contributed by atoms with Crippen LogP contribution in [-0.2, 0) is 16.6 Å². The fraction of sp³-hybridized carbons (Fsp3) is 0.600. The number of hydrogen-bond acceptors (Lipinski definition) is 2. The Kier molecular flexibility index (Phi) is 3.43. The van der Waals surface area contributed by atoms with E-state index in [2.05, 4.69) is 39.0 Å². The van der Waals surface area contributed by atoms with Crippen LogP contribution in [0.3, 0.4) is 0 Å². The standard InChI is InChI=1S/C15H22O2/c1-5-16-13-10-9-11-7-6-8-12(14(11)17-13)15(2,3)4/h6-8,13H,5,9-10H2,1-4H3. The van der Waals surface area contributed by atoms with Gasteiger partial charge in [0, 0.05) is 13.0 Å². The van der Waals surface area contributed by atoms with E-state index in [0.29, 0.717) is 6.61 Å². The van der Waals surface area contributed by atoms with Crippen molar-refractivity contribution in [3.63, 3.8) is 0 Å². The molecule has 17 heavy (non-hydrogen) atoms. The summed E-state index contributed by atoms with van der Waals surface area (Å²) in [6.07, 6.45) is 1.93. The van der Waals surface area contributed by atoms with Crippen LogP contribution in [0.15, 0.2) is 18.2 Å². The Bertz CT molecular complexity index is 390. The second-order valence-corrected chi connectivity index (χ2v) is 5.59. The van der Waals surface area contributed by atoms with E-state index in [1.807, 2.05) is 6.92 Å². The van der Waals surface area contributed by atoms with Gasteiger partial charge in [0.25, 0.3) is 0 Å². The Morgan fingerprint density at radius 2 is 2.12 bits per heavy atom. The zero-order valence-corrected chi connectivity index (χ0v) is 11.2. The summed E-state index contributed by atoms with van der Waals surface area (Å²) in [6.45, 7) is 9.37. The maximum absolute atomic E-state index is 6.01. The van der Waals surface area contributed by atoms with Crippen molar-refractivity contribution in [3.05, 3.63) is 29.3 Å². The van der Waals surface area contributed by atoms with Gasteiger partial charge >= 0.3 is 0 Å². The molecule has 0 radical (unpaired) electrons. The van der Waals surface area contributed by atoms with Crippen molar-refractivity contribution < 1.29 is 9.47 Å². The van der Waals surface area contributed by atoms with E-state index in [0.717, 1.165) is 18.6 Å². The van der Waals surface area contributed by atoms with Gasteiger partial charge in [-0.05, 0) is 29.9 Å². The van der Waals surface area contributed by atoms with Crippen LogP contribution in [0.25, 0.3) is 0 Å². The summed E-state index contributed by atoms with van der Waals surface area (Å²) in [7, 11) is 0. The second-order valence-electron chi connectivity index (χ2n) is 5.59. The van der Waals surface area contributed by atoms with E-state index >= 15 is 0 Å². The second kappa shape index (κ2) is 4.69. The molecule has 2 rings (SSSR count). The van der Waals surface area contributed by atoms with Gasteiger partial charge in [0.1, 0.15) is 5.75 Å². The van der Waals surface area contributed by atoms with Crippen LogP contribution in [0.1, 0.15) is 45.2 Å². The molecule has 2 nitrogen and oxygen atoms in total. The van der Waals surface area contributed by atoms with E-state index in [1.165, 1.54) is 11.1 Å². The summed E-state index contributed by atoms with van der Waals surface area (Å²) >= 11 is 0. The molecule has 0 aromatic heterocycles. The van der Waals surface area contributed by atoms with E-state index in [4.69, 9.17) is 9.47 Å². The Morgan fingerprint density at radius 1 is 1.35 bits per heavy atom. The predicted octanol–water partition coefficient (Wildman–Crippen LogP) is 3.67. The normalized spacial score (nSPS) is 19.6. The quantitative estimate of drug-likeness (QED) is 0.777. The summed E-state index contributed by atoms with van der Waals surface area (Å²) in [4.78, 5) is 0. The minimum atomic E-state index is -0.0731. The van der Waals surface area contributed by atoms with Gasteiger partial charge in [0.2, 0.25) is 0 Å². The Balaban J connectivity index is 2.33. The molecule has 94 valence electrons. The van der Waals surface area contributed by atoms with E-state index in [1.54, 1.807) is 0 Å². The molecule has 1 aliphatic rings. The van der Waals surface area contributed by atoms with E-state index < -0.39 is 0 Å².